The monoisotopic (exact) mass is 273 g/mol. The van der Waals surface area contributed by atoms with Gasteiger partial charge in [-0.15, -0.1) is 0 Å². The zero-order valence-corrected chi connectivity index (χ0v) is 10.8. The summed E-state index contributed by atoms with van der Waals surface area (Å²) in [6, 6.07) is 8.07. The molecular formula is C14H15N3O3. The van der Waals surface area contributed by atoms with Crippen molar-refractivity contribution in [3.05, 3.63) is 42.0 Å². The first-order chi connectivity index (χ1) is 9.52. The molecule has 1 rings (SSSR count). The number of nitrogens with one attached hydrogen (secondary N) is 2. The number of aliphatic carboxylic acids is 1. The van der Waals surface area contributed by atoms with E-state index in [-0.39, 0.29) is 11.6 Å². The van der Waals surface area contributed by atoms with E-state index < -0.39 is 5.97 Å². The summed E-state index contributed by atoms with van der Waals surface area (Å²) in [7, 11) is 0. The Morgan fingerprint density at radius 2 is 1.95 bits per heavy atom. The second-order valence-corrected chi connectivity index (χ2v) is 4.08. The number of nitrogens with zero attached hydrogens (tertiary/aromatic N) is 1. The lowest BCUT2D eigenvalue weighted by molar-refractivity contribution is -0.132. The standard InChI is InChI=1S/C14H15N3O3/c1-10(13(18)19)3-2-8-16-14(20)17-12-6-4-11(9-15)5-7-12/h4-7H,1-3,8H2,(H,18,19)(H2,16,17,20). The molecule has 0 fully saturated rings. The Kier molecular flexibility index (Phi) is 5.78. The zero-order chi connectivity index (χ0) is 15.0. The highest BCUT2D eigenvalue weighted by Crippen LogP contribution is 2.08. The minimum Gasteiger partial charge on any atom is -0.478 e. The second kappa shape index (κ2) is 7.59. The molecule has 0 unspecified atom stereocenters. The molecule has 2 amide bonds. The molecule has 104 valence electrons. The molecule has 6 heteroatoms. The quantitative estimate of drug-likeness (QED) is 0.545. The number of urea groups is 1. The molecule has 1 aromatic carbocycles. The van der Waals surface area contributed by atoms with Crippen molar-refractivity contribution < 1.29 is 14.7 Å². The number of rotatable bonds is 6. The number of carbonyl (C=O) groups is 2. The van der Waals surface area contributed by atoms with Crippen LogP contribution in [0.2, 0.25) is 0 Å². The van der Waals surface area contributed by atoms with Gasteiger partial charge in [0.15, 0.2) is 0 Å². The predicted octanol–water partition coefficient (Wildman–Crippen LogP) is 2.10. The third-order valence-electron chi connectivity index (χ3n) is 2.52. The first kappa shape index (κ1) is 15.2. The van der Waals surface area contributed by atoms with E-state index in [1.807, 2.05) is 6.07 Å². The lowest BCUT2D eigenvalue weighted by atomic mass is 10.2. The van der Waals surface area contributed by atoms with Gasteiger partial charge in [0, 0.05) is 17.8 Å². The van der Waals surface area contributed by atoms with Gasteiger partial charge in [-0.05, 0) is 37.1 Å². The molecule has 0 saturated heterocycles. The van der Waals surface area contributed by atoms with Crippen molar-refractivity contribution in [2.45, 2.75) is 12.8 Å². The molecule has 0 aliphatic rings. The van der Waals surface area contributed by atoms with Crippen LogP contribution in [0.5, 0.6) is 0 Å². The highest BCUT2D eigenvalue weighted by molar-refractivity contribution is 5.89. The van der Waals surface area contributed by atoms with Crippen LogP contribution >= 0.6 is 0 Å². The molecule has 0 radical (unpaired) electrons. The molecule has 0 saturated carbocycles. The molecule has 1 aromatic rings. The third-order valence-corrected chi connectivity index (χ3v) is 2.52. The largest absolute Gasteiger partial charge is 0.478 e. The molecule has 0 heterocycles. The highest BCUT2D eigenvalue weighted by Gasteiger charge is 2.04. The number of carbonyl (C=O) groups excluding carboxylic acids is 1. The molecule has 0 aliphatic carbocycles. The lowest BCUT2D eigenvalue weighted by Crippen LogP contribution is -2.29. The molecule has 0 aromatic heterocycles. The van der Waals surface area contributed by atoms with Crippen molar-refractivity contribution in [3.8, 4) is 6.07 Å². The van der Waals surface area contributed by atoms with E-state index in [1.54, 1.807) is 24.3 Å². The maximum atomic E-state index is 11.5. The van der Waals surface area contributed by atoms with Crippen LogP contribution in [0.1, 0.15) is 18.4 Å². The Morgan fingerprint density at radius 3 is 2.50 bits per heavy atom. The maximum absolute atomic E-state index is 11.5. The summed E-state index contributed by atoms with van der Waals surface area (Å²) in [4.78, 5) is 22.0. The molecule has 0 atom stereocenters. The van der Waals surface area contributed by atoms with Crippen LogP contribution in [0.3, 0.4) is 0 Å². The van der Waals surface area contributed by atoms with Crippen molar-refractivity contribution >= 4 is 17.7 Å². The number of carboxylic acid groups (broad SMARTS) is 1. The van der Waals surface area contributed by atoms with Gasteiger partial charge >= 0.3 is 12.0 Å². The summed E-state index contributed by atoms with van der Waals surface area (Å²) in [5, 5.41) is 22.5. The van der Waals surface area contributed by atoms with Crippen molar-refractivity contribution in [3.63, 3.8) is 0 Å². The number of carboxylic acids is 1. The van der Waals surface area contributed by atoms with E-state index in [0.29, 0.717) is 30.6 Å². The van der Waals surface area contributed by atoms with Crippen LogP contribution in [-0.4, -0.2) is 23.7 Å². The smallest absolute Gasteiger partial charge is 0.330 e. The van der Waals surface area contributed by atoms with Gasteiger partial charge in [-0.1, -0.05) is 6.58 Å². The fourth-order valence-electron chi connectivity index (χ4n) is 1.41. The van der Waals surface area contributed by atoms with Gasteiger partial charge in [0.1, 0.15) is 0 Å². The molecule has 0 spiro atoms. The van der Waals surface area contributed by atoms with E-state index >= 15 is 0 Å². The van der Waals surface area contributed by atoms with Crippen LogP contribution in [0, 0.1) is 11.3 Å². The van der Waals surface area contributed by atoms with Gasteiger partial charge in [-0.2, -0.15) is 5.26 Å². The SMILES string of the molecule is C=C(CCCNC(=O)Nc1ccc(C#N)cc1)C(=O)O. The van der Waals surface area contributed by atoms with Gasteiger partial charge in [0.05, 0.1) is 11.6 Å². The van der Waals surface area contributed by atoms with Gasteiger partial charge < -0.3 is 15.7 Å². The first-order valence-electron chi connectivity index (χ1n) is 5.99. The zero-order valence-electron chi connectivity index (χ0n) is 10.8. The number of hydrogen-bond acceptors (Lipinski definition) is 3. The maximum Gasteiger partial charge on any atom is 0.330 e. The van der Waals surface area contributed by atoms with Crippen molar-refractivity contribution in [2.24, 2.45) is 0 Å². The lowest BCUT2D eigenvalue weighted by Gasteiger charge is -2.07. The minimum atomic E-state index is -1.02. The molecule has 6 nitrogen and oxygen atoms in total. The highest BCUT2D eigenvalue weighted by atomic mass is 16.4. The average Bonchev–Trinajstić information content (AvgIpc) is 2.44. The van der Waals surface area contributed by atoms with Gasteiger partial charge in [-0.25, -0.2) is 9.59 Å². The van der Waals surface area contributed by atoms with E-state index in [1.165, 1.54) is 0 Å². The Morgan fingerprint density at radius 1 is 1.30 bits per heavy atom. The topological polar surface area (TPSA) is 102 Å². The van der Waals surface area contributed by atoms with Crippen LogP contribution in [0.25, 0.3) is 0 Å². The first-order valence-corrected chi connectivity index (χ1v) is 5.99. The van der Waals surface area contributed by atoms with Gasteiger partial charge in [0.2, 0.25) is 0 Å². The van der Waals surface area contributed by atoms with E-state index in [9.17, 15) is 9.59 Å². The van der Waals surface area contributed by atoms with E-state index in [0.717, 1.165) is 0 Å². The normalized spacial score (nSPS) is 9.35. The van der Waals surface area contributed by atoms with E-state index in [2.05, 4.69) is 17.2 Å². The molecule has 0 aliphatic heterocycles. The van der Waals surface area contributed by atoms with Crippen LogP contribution in [-0.2, 0) is 4.79 Å². The van der Waals surface area contributed by atoms with Crippen molar-refractivity contribution in [2.75, 3.05) is 11.9 Å². The Balaban J connectivity index is 2.28. The minimum absolute atomic E-state index is 0.124. The summed E-state index contributed by atoms with van der Waals surface area (Å²) in [5.41, 5.74) is 1.22. The van der Waals surface area contributed by atoms with Crippen molar-refractivity contribution in [1.29, 1.82) is 5.26 Å². The number of nitriles is 1. The summed E-state index contributed by atoms with van der Waals surface area (Å²) < 4.78 is 0. The number of amides is 2. The number of benzene rings is 1. The summed E-state index contributed by atoms with van der Waals surface area (Å²) in [6.45, 7) is 3.76. The molecule has 0 bridgehead atoms. The second-order valence-electron chi connectivity index (χ2n) is 4.08. The average molecular weight is 273 g/mol. The van der Waals surface area contributed by atoms with E-state index in [4.69, 9.17) is 10.4 Å². The molecule has 20 heavy (non-hydrogen) atoms. The van der Waals surface area contributed by atoms with Crippen molar-refractivity contribution in [1.82, 2.24) is 5.32 Å². The summed E-state index contributed by atoms with van der Waals surface area (Å²) in [6.07, 6.45) is 0.832. The molecule has 3 N–H and O–H groups in total. The number of hydrogen-bond donors (Lipinski definition) is 3. The third kappa shape index (κ3) is 5.23. The van der Waals surface area contributed by atoms with Crippen LogP contribution in [0.4, 0.5) is 10.5 Å². The van der Waals surface area contributed by atoms with Gasteiger partial charge in [0.25, 0.3) is 0 Å². The summed E-state index contributed by atoms with van der Waals surface area (Å²) >= 11 is 0. The fourth-order valence-corrected chi connectivity index (χ4v) is 1.41. The van der Waals surface area contributed by atoms with Gasteiger partial charge in [-0.3, -0.25) is 0 Å². The number of anilines is 1. The predicted molar refractivity (Wildman–Crippen MR) is 74.2 cm³/mol. The van der Waals surface area contributed by atoms with Crippen LogP contribution < -0.4 is 10.6 Å². The Bertz CT molecular complexity index is 544. The fraction of sp³-hybridized carbons (Fsp3) is 0.214. The summed E-state index contributed by atoms with van der Waals surface area (Å²) in [5.74, 6) is -1.02. The Labute approximate surface area is 116 Å². The molecular weight excluding hydrogens is 258 g/mol. The Hall–Kier alpha value is -2.81. The van der Waals surface area contributed by atoms with Crippen LogP contribution in [0.15, 0.2) is 36.4 Å².